The van der Waals surface area contributed by atoms with Crippen molar-refractivity contribution in [2.75, 3.05) is 9.80 Å². The Hall–Kier alpha value is -7.44. The molecule has 302 valence electrons. The SMILES string of the molecule is Cc1ccc2sc3c(c2c1)N(c1ccc2c4ccccc4c4ccccc4c2c1)c1cccc2c1B3c1sc3ccc(C)cc3c1N2c1cccc2c3ccccc3c3ccccc3c12. The molecule has 4 heterocycles. The first-order valence-corrected chi connectivity index (χ1v) is 24.2. The molecule has 0 aliphatic carbocycles. The molecule has 2 aromatic heterocycles. The number of rotatable bonds is 2. The second-order valence-electron chi connectivity index (χ2n) is 18.1. The van der Waals surface area contributed by atoms with Crippen molar-refractivity contribution in [2.24, 2.45) is 0 Å². The van der Waals surface area contributed by atoms with Crippen molar-refractivity contribution in [3.05, 3.63) is 199 Å². The Kier molecular flexibility index (Phi) is 7.23. The molecule has 0 atom stereocenters. The predicted molar refractivity (Wildman–Crippen MR) is 286 cm³/mol. The minimum absolute atomic E-state index is 0.0619. The first kappa shape index (κ1) is 36.0. The van der Waals surface area contributed by atoms with Gasteiger partial charge in [0.1, 0.15) is 0 Å². The summed E-state index contributed by atoms with van der Waals surface area (Å²) in [6, 6.07) is 71.3. The number of anilines is 6. The van der Waals surface area contributed by atoms with Gasteiger partial charge in [-0.3, -0.25) is 0 Å². The van der Waals surface area contributed by atoms with Gasteiger partial charge in [-0.1, -0.05) is 145 Å². The first-order chi connectivity index (χ1) is 32.1. The van der Waals surface area contributed by atoms with Crippen molar-refractivity contribution < 1.29 is 0 Å². The molecule has 0 amide bonds. The van der Waals surface area contributed by atoms with Crippen LogP contribution < -0.4 is 24.8 Å². The number of nitrogens with zero attached hydrogens (tertiary/aromatic N) is 2. The van der Waals surface area contributed by atoms with Crippen molar-refractivity contribution >= 4 is 163 Å². The highest BCUT2D eigenvalue weighted by atomic mass is 32.1. The van der Waals surface area contributed by atoms with Crippen molar-refractivity contribution in [3.63, 3.8) is 0 Å². The smallest absolute Gasteiger partial charge is 0.277 e. The summed E-state index contributed by atoms with van der Waals surface area (Å²) in [5.74, 6) is 0. The predicted octanol–water partition coefficient (Wildman–Crippen LogP) is 15.7. The third-order valence-electron chi connectivity index (χ3n) is 14.5. The monoisotopic (exact) mass is 860 g/mol. The van der Waals surface area contributed by atoms with Crippen LogP contribution in [0.15, 0.2) is 188 Å². The van der Waals surface area contributed by atoms with Gasteiger partial charge in [-0.25, -0.2) is 0 Å². The topological polar surface area (TPSA) is 6.48 Å². The molecule has 11 aromatic carbocycles. The molecule has 15 rings (SSSR count). The molecule has 0 saturated carbocycles. The van der Waals surface area contributed by atoms with E-state index in [0.717, 1.165) is 0 Å². The fourth-order valence-corrected chi connectivity index (χ4v) is 14.5. The second kappa shape index (κ2) is 13.1. The summed E-state index contributed by atoms with van der Waals surface area (Å²) in [5, 5.41) is 18.1. The van der Waals surface area contributed by atoms with Gasteiger partial charge in [0, 0.05) is 52.2 Å². The van der Waals surface area contributed by atoms with E-state index in [1.54, 1.807) is 0 Å². The van der Waals surface area contributed by atoms with Crippen LogP contribution in [0.1, 0.15) is 11.1 Å². The molecule has 0 spiro atoms. The molecule has 0 saturated heterocycles. The maximum Gasteiger partial charge on any atom is 0.277 e. The van der Waals surface area contributed by atoms with Crippen molar-refractivity contribution in [3.8, 4) is 0 Å². The van der Waals surface area contributed by atoms with E-state index in [-0.39, 0.29) is 6.71 Å². The molecule has 0 unspecified atom stereocenters. The van der Waals surface area contributed by atoms with Crippen LogP contribution in [0.25, 0.3) is 84.8 Å². The highest BCUT2D eigenvalue weighted by molar-refractivity contribution is 7.40. The van der Waals surface area contributed by atoms with Crippen LogP contribution in [-0.2, 0) is 0 Å². The van der Waals surface area contributed by atoms with Crippen LogP contribution in [0.3, 0.4) is 0 Å². The standard InChI is InChI=1S/C60H37BN2S2/c1-34-25-29-53-48(31-34)57-59(64-53)61-56-51(62(57)36-27-28-44-39-15-4-3-13-37(39)38-14-6-8-19-43(38)47(44)33-36)23-12-24-52(56)63(58-49-32-35(2)26-30-54(49)65-60(58)61)50-22-11-21-46-42-17-7-5-16-40(42)41-18-9-10-20-45(41)55(46)50/h3-33H,1-2H3. The quantitative estimate of drug-likeness (QED) is 0.126. The summed E-state index contributed by atoms with van der Waals surface area (Å²) < 4.78 is 5.47. The zero-order valence-corrected chi connectivity index (χ0v) is 37.3. The van der Waals surface area contributed by atoms with Crippen LogP contribution in [0.5, 0.6) is 0 Å². The van der Waals surface area contributed by atoms with E-state index in [0.29, 0.717) is 0 Å². The maximum absolute atomic E-state index is 2.66. The lowest BCUT2D eigenvalue weighted by Gasteiger charge is -2.42. The van der Waals surface area contributed by atoms with Crippen LogP contribution in [0.4, 0.5) is 34.1 Å². The third-order valence-corrected chi connectivity index (χ3v) is 16.9. The summed E-state index contributed by atoms with van der Waals surface area (Å²) in [7, 11) is 0. The molecule has 0 radical (unpaired) electrons. The van der Waals surface area contributed by atoms with Gasteiger partial charge in [-0.05, 0) is 133 Å². The van der Waals surface area contributed by atoms with Gasteiger partial charge in [0.2, 0.25) is 0 Å². The summed E-state index contributed by atoms with van der Waals surface area (Å²) in [4.78, 5) is 5.28. The minimum atomic E-state index is 0.0619. The molecule has 0 bridgehead atoms. The number of fused-ring (bicyclic) bond motifs is 20. The van der Waals surface area contributed by atoms with Crippen molar-refractivity contribution in [1.29, 1.82) is 0 Å². The number of hydrogen-bond acceptors (Lipinski definition) is 4. The van der Waals surface area contributed by atoms with Gasteiger partial charge in [0.15, 0.2) is 0 Å². The molecule has 0 fully saturated rings. The number of benzene rings is 11. The highest BCUT2D eigenvalue weighted by Gasteiger charge is 2.47. The molecule has 2 aliphatic rings. The Morgan fingerprint density at radius 2 is 0.754 bits per heavy atom. The second-order valence-corrected chi connectivity index (χ2v) is 20.2. The van der Waals surface area contributed by atoms with Gasteiger partial charge < -0.3 is 9.80 Å². The molecular formula is C60H37BN2S2. The zero-order chi connectivity index (χ0) is 42.7. The van der Waals surface area contributed by atoms with Gasteiger partial charge in [0.25, 0.3) is 6.71 Å². The highest BCUT2D eigenvalue weighted by Crippen LogP contribution is 2.53. The van der Waals surface area contributed by atoms with E-state index >= 15 is 0 Å². The summed E-state index contributed by atoms with van der Waals surface area (Å²) in [5.41, 5.74) is 11.4. The molecule has 5 heteroatoms. The number of thiophene rings is 2. The van der Waals surface area contributed by atoms with Gasteiger partial charge in [-0.15, -0.1) is 22.7 Å². The lowest BCUT2D eigenvalue weighted by molar-refractivity contribution is 1.28. The lowest BCUT2D eigenvalue weighted by atomic mass is 9.39. The normalized spacial score (nSPS) is 13.3. The van der Waals surface area contributed by atoms with E-state index in [4.69, 9.17) is 0 Å². The van der Waals surface area contributed by atoms with Gasteiger partial charge >= 0.3 is 0 Å². The van der Waals surface area contributed by atoms with E-state index in [1.165, 1.54) is 145 Å². The molecule has 0 N–H and O–H groups in total. The summed E-state index contributed by atoms with van der Waals surface area (Å²) >= 11 is 3.96. The number of aryl methyl sites for hydroxylation is 2. The van der Waals surface area contributed by atoms with Crippen molar-refractivity contribution in [1.82, 2.24) is 0 Å². The third kappa shape index (κ3) is 4.79. The Bertz CT molecular complexity index is 4170. The van der Waals surface area contributed by atoms with E-state index < -0.39 is 0 Å². The summed E-state index contributed by atoms with van der Waals surface area (Å²) in [6.45, 7) is 4.53. The van der Waals surface area contributed by atoms with Crippen LogP contribution in [-0.4, -0.2) is 6.71 Å². The van der Waals surface area contributed by atoms with Crippen molar-refractivity contribution in [2.45, 2.75) is 13.8 Å². The molecule has 13 aromatic rings. The Morgan fingerprint density at radius 1 is 0.338 bits per heavy atom. The summed E-state index contributed by atoms with van der Waals surface area (Å²) in [6.07, 6.45) is 0. The Morgan fingerprint density at radius 3 is 1.31 bits per heavy atom. The molecule has 65 heavy (non-hydrogen) atoms. The van der Waals surface area contributed by atoms with Gasteiger partial charge in [-0.2, -0.15) is 0 Å². The Labute approximate surface area is 383 Å². The molecular weight excluding hydrogens is 824 g/mol. The van der Waals surface area contributed by atoms with E-state index in [1.807, 2.05) is 22.7 Å². The average Bonchev–Trinajstić information content (AvgIpc) is 3.92. The van der Waals surface area contributed by atoms with E-state index in [9.17, 15) is 0 Å². The maximum atomic E-state index is 2.66. The number of hydrogen-bond donors (Lipinski definition) is 0. The largest absolute Gasteiger partial charge is 0.310 e. The van der Waals surface area contributed by atoms with Gasteiger partial charge in [0.05, 0.1) is 17.1 Å². The molecule has 2 nitrogen and oxygen atoms in total. The van der Waals surface area contributed by atoms with Crippen LogP contribution >= 0.6 is 22.7 Å². The fraction of sp³-hybridized carbons (Fsp3) is 0.0333. The fourth-order valence-electron chi connectivity index (χ4n) is 11.8. The Balaban J connectivity index is 1.08. The molecule has 2 aliphatic heterocycles. The first-order valence-electron chi connectivity index (χ1n) is 22.5. The zero-order valence-electron chi connectivity index (χ0n) is 35.7. The minimum Gasteiger partial charge on any atom is -0.310 e. The average molecular weight is 861 g/mol. The van der Waals surface area contributed by atoms with E-state index in [2.05, 4.69) is 212 Å². The lowest BCUT2D eigenvalue weighted by Crippen LogP contribution is -2.59. The van der Waals surface area contributed by atoms with Crippen LogP contribution in [0.2, 0.25) is 0 Å². The van der Waals surface area contributed by atoms with Crippen LogP contribution in [0, 0.1) is 13.8 Å².